The van der Waals surface area contributed by atoms with Gasteiger partial charge >= 0.3 is 0 Å². The predicted molar refractivity (Wildman–Crippen MR) is 92.8 cm³/mol. The van der Waals surface area contributed by atoms with Crippen LogP contribution in [0.3, 0.4) is 0 Å². The summed E-state index contributed by atoms with van der Waals surface area (Å²) in [5.74, 6) is 4.97. The molecule has 0 saturated heterocycles. The van der Waals surface area contributed by atoms with Crippen LogP contribution in [0.1, 0.15) is 70.3 Å². The highest BCUT2D eigenvalue weighted by Gasteiger charge is 2.24. The van der Waals surface area contributed by atoms with Crippen molar-refractivity contribution in [2.24, 2.45) is 5.92 Å². The lowest BCUT2D eigenvalue weighted by atomic mass is 9.94. The van der Waals surface area contributed by atoms with Crippen LogP contribution >= 0.6 is 0 Å². The number of aryl methyl sites for hydroxylation is 1. The minimum absolute atomic E-state index is 0.00664. The van der Waals surface area contributed by atoms with E-state index < -0.39 is 0 Å². The Labute approximate surface area is 144 Å². The lowest BCUT2D eigenvalue weighted by Crippen LogP contribution is -2.30. The maximum absolute atomic E-state index is 5.83. The van der Waals surface area contributed by atoms with E-state index >= 15 is 0 Å². The third kappa shape index (κ3) is 3.69. The second-order valence-corrected chi connectivity index (χ2v) is 8.14. The van der Waals surface area contributed by atoms with Gasteiger partial charge in [-0.3, -0.25) is 0 Å². The molecule has 6 nitrogen and oxygen atoms in total. The summed E-state index contributed by atoms with van der Waals surface area (Å²) in [6.45, 7) is 13.4. The van der Waals surface area contributed by atoms with Gasteiger partial charge in [0.25, 0.3) is 0 Å². The molecule has 0 amide bonds. The number of hydrogen-bond donors (Lipinski definition) is 1. The van der Waals surface area contributed by atoms with Crippen LogP contribution in [-0.4, -0.2) is 26.3 Å². The fourth-order valence-corrected chi connectivity index (χ4v) is 3.13. The van der Waals surface area contributed by atoms with Gasteiger partial charge in [-0.05, 0) is 12.3 Å². The Kier molecular flexibility index (Phi) is 4.76. The molecule has 0 spiro atoms. The molecule has 1 unspecified atom stereocenters. The van der Waals surface area contributed by atoms with E-state index in [2.05, 4.69) is 59.7 Å². The van der Waals surface area contributed by atoms with Crippen LogP contribution in [0, 0.1) is 5.92 Å². The molecule has 2 aromatic rings. The van der Waals surface area contributed by atoms with Gasteiger partial charge in [-0.15, -0.1) is 10.2 Å². The van der Waals surface area contributed by atoms with Crippen molar-refractivity contribution >= 4 is 0 Å². The molecule has 6 heteroatoms. The average molecular weight is 331 g/mol. The highest BCUT2D eigenvalue weighted by atomic mass is 16.4. The maximum atomic E-state index is 5.83. The largest absolute Gasteiger partial charge is 0.444 e. The Morgan fingerprint density at radius 1 is 1.33 bits per heavy atom. The number of nitrogens with zero attached hydrogens (tertiary/aromatic N) is 4. The van der Waals surface area contributed by atoms with Crippen LogP contribution in [-0.2, 0) is 24.9 Å². The minimum Gasteiger partial charge on any atom is -0.444 e. The SMILES string of the molecule is CC(C)c1nnc2n1CC(CNCc1ncc(C(C)(C)C)o1)CC2. The van der Waals surface area contributed by atoms with Crippen molar-refractivity contribution in [3.05, 3.63) is 29.5 Å². The van der Waals surface area contributed by atoms with Crippen molar-refractivity contribution in [2.45, 2.75) is 71.9 Å². The monoisotopic (exact) mass is 331 g/mol. The molecule has 1 aliphatic heterocycles. The second kappa shape index (κ2) is 6.67. The first-order chi connectivity index (χ1) is 11.3. The van der Waals surface area contributed by atoms with E-state index in [9.17, 15) is 0 Å². The lowest BCUT2D eigenvalue weighted by molar-refractivity contribution is 0.326. The average Bonchev–Trinajstić information content (AvgIpc) is 3.12. The molecule has 3 heterocycles. The van der Waals surface area contributed by atoms with Gasteiger partial charge in [-0.1, -0.05) is 34.6 Å². The summed E-state index contributed by atoms with van der Waals surface area (Å²) in [5, 5.41) is 12.2. The van der Waals surface area contributed by atoms with E-state index in [1.54, 1.807) is 0 Å². The molecule has 0 radical (unpaired) electrons. The molecule has 0 saturated carbocycles. The van der Waals surface area contributed by atoms with Gasteiger partial charge < -0.3 is 14.3 Å². The molecule has 132 valence electrons. The molecule has 0 aromatic carbocycles. The van der Waals surface area contributed by atoms with E-state index in [4.69, 9.17) is 4.42 Å². The van der Waals surface area contributed by atoms with E-state index in [0.717, 1.165) is 49.2 Å². The molecule has 0 fully saturated rings. The third-order valence-electron chi connectivity index (χ3n) is 4.59. The Morgan fingerprint density at radius 3 is 2.79 bits per heavy atom. The topological polar surface area (TPSA) is 68.8 Å². The van der Waals surface area contributed by atoms with E-state index in [-0.39, 0.29) is 5.41 Å². The maximum Gasteiger partial charge on any atom is 0.208 e. The number of rotatable bonds is 5. The minimum atomic E-state index is 0.00664. The van der Waals surface area contributed by atoms with Crippen LogP contribution in [0.4, 0.5) is 0 Å². The van der Waals surface area contributed by atoms with Gasteiger partial charge in [0, 0.05) is 30.8 Å². The van der Waals surface area contributed by atoms with Crippen LogP contribution in [0.2, 0.25) is 0 Å². The lowest BCUT2D eigenvalue weighted by Gasteiger charge is -2.25. The van der Waals surface area contributed by atoms with E-state index in [1.165, 1.54) is 0 Å². The molecule has 0 bridgehead atoms. The Bertz CT molecular complexity index is 680. The van der Waals surface area contributed by atoms with E-state index in [0.29, 0.717) is 18.4 Å². The fourth-order valence-electron chi connectivity index (χ4n) is 3.13. The van der Waals surface area contributed by atoms with Gasteiger partial charge in [0.1, 0.15) is 17.4 Å². The zero-order valence-corrected chi connectivity index (χ0v) is 15.5. The van der Waals surface area contributed by atoms with Crippen molar-refractivity contribution in [3.63, 3.8) is 0 Å². The number of nitrogens with one attached hydrogen (secondary N) is 1. The molecule has 0 aliphatic carbocycles. The quantitative estimate of drug-likeness (QED) is 0.912. The molecule has 1 atom stereocenters. The van der Waals surface area contributed by atoms with Crippen LogP contribution in [0.5, 0.6) is 0 Å². The summed E-state index contributed by atoms with van der Waals surface area (Å²) < 4.78 is 8.14. The number of fused-ring (bicyclic) bond motifs is 1. The van der Waals surface area contributed by atoms with Crippen LogP contribution in [0.25, 0.3) is 0 Å². The fraction of sp³-hybridized carbons (Fsp3) is 0.722. The van der Waals surface area contributed by atoms with Crippen molar-refractivity contribution in [2.75, 3.05) is 6.54 Å². The summed E-state index contributed by atoms with van der Waals surface area (Å²) in [4.78, 5) is 4.38. The summed E-state index contributed by atoms with van der Waals surface area (Å²) >= 11 is 0. The first-order valence-corrected chi connectivity index (χ1v) is 8.92. The molecule has 3 rings (SSSR count). The summed E-state index contributed by atoms with van der Waals surface area (Å²) in [7, 11) is 0. The normalized spacial score (nSPS) is 18.2. The Balaban J connectivity index is 1.53. The second-order valence-electron chi connectivity index (χ2n) is 8.14. The Hall–Kier alpha value is -1.69. The molecule has 1 aliphatic rings. The highest BCUT2D eigenvalue weighted by molar-refractivity contribution is 5.06. The predicted octanol–water partition coefficient (Wildman–Crippen LogP) is 3.04. The molecule has 2 aromatic heterocycles. The zero-order chi connectivity index (χ0) is 17.3. The smallest absolute Gasteiger partial charge is 0.208 e. The van der Waals surface area contributed by atoms with Crippen LogP contribution in [0.15, 0.2) is 10.6 Å². The van der Waals surface area contributed by atoms with Crippen LogP contribution < -0.4 is 5.32 Å². The zero-order valence-electron chi connectivity index (χ0n) is 15.5. The molecular weight excluding hydrogens is 302 g/mol. The van der Waals surface area contributed by atoms with Gasteiger partial charge in [0.2, 0.25) is 5.89 Å². The van der Waals surface area contributed by atoms with Crippen molar-refractivity contribution in [1.82, 2.24) is 25.1 Å². The van der Waals surface area contributed by atoms with Crippen molar-refractivity contribution in [1.29, 1.82) is 0 Å². The van der Waals surface area contributed by atoms with Crippen molar-refractivity contribution < 1.29 is 4.42 Å². The highest BCUT2D eigenvalue weighted by Crippen LogP contribution is 2.24. The summed E-state index contributed by atoms with van der Waals surface area (Å²) in [6, 6.07) is 0. The third-order valence-corrected chi connectivity index (χ3v) is 4.59. The van der Waals surface area contributed by atoms with Gasteiger partial charge in [0.05, 0.1) is 12.7 Å². The Morgan fingerprint density at radius 2 is 2.12 bits per heavy atom. The number of oxazole rings is 1. The molecule has 1 N–H and O–H groups in total. The van der Waals surface area contributed by atoms with E-state index in [1.807, 2.05) is 6.20 Å². The van der Waals surface area contributed by atoms with Crippen molar-refractivity contribution in [3.8, 4) is 0 Å². The summed E-state index contributed by atoms with van der Waals surface area (Å²) in [5.41, 5.74) is 0.00664. The summed E-state index contributed by atoms with van der Waals surface area (Å²) in [6.07, 6.45) is 4.01. The number of aromatic nitrogens is 4. The molecular formula is C18H29N5O. The standard InChI is InChI=1S/C18H29N5O/c1-12(2)17-22-21-15-7-6-13(11-23(15)17)8-19-10-16-20-9-14(24-16)18(3,4)5/h9,12-13,19H,6-8,10-11H2,1-5H3. The number of hydrogen-bond acceptors (Lipinski definition) is 5. The van der Waals surface area contributed by atoms with Gasteiger partial charge in [0.15, 0.2) is 0 Å². The first kappa shape index (κ1) is 17.1. The first-order valence-electron chi connectivity index (χ1n) is 8.92. The molecule has 24 heavy (non-hydrogen) atoms. The van der Waals surface area contributed by atoms with Gasteiger partial charge in [-0.25, -0.2) is 4.98 Å². The van der Waals surface area contributed by atoms with Gasteiger partial charge in [-0.2, -0.15) is 0 Å².